The van der Waals surface area contributed by atoms with Crippen LogP contribution in [0.2, 0.25) is 0 Å². The molecule has 0 aromatic carbocycles. The van der Waals surface area contributed by atoms with Gasteiger partial charge in [0.2, 0.25) is 0 Å². The fraction of sp³-hybridized carbons (Fsp3) is 0.250. The molecule has 2 aromatic heterocycles. The second-order valence-electron chi connectivity index (χ2n) is 3.82. The van der Waals surface area contributed by atoms with Crippen LogP contribution in [0.4, 0.5) is 0 Å². The minimum atomic E-state index is -0.996. The van der Waals surface area contributed by atoms with E-state index in [1.54, 1.807) is 36.7 Å². The van der Waals surface area contributed by atoms with Crippen molar-refractivity contribution in [1.29, 1.82) is 5.26 Å². The van der Waals surface area contributed by atoms with Crippen molar-refractivity contribution in [3.8, 4) is 6.07 Å². The van der Waals surface area contributed by atoms with Gasteiger partial charge in [0.15, 0.2) is 0 Å². The van der Waals surface area contributed by atoms with E-state index in [1.165, 1.54) is 0 Å². The van der Waals surface area contributed by atoms with Gasteiger partial charge in [0.1, 0.15) is 11.7 Å². The first kappa shape index (κ1) is 11.1. The minimum absolute atomic E-state index is 0.218. The fourth-order valence-electron chi connectivity index (χ4n) is 2.06. The molecule has 0 saturated carbocycles. The van der Waals surface area contributed by atoms with Crippen molar-refractivity contribution in [3.05, 3.63) is 29.6 Å². The smallest absolute Gasteiger partial charge is 0.338 e. The van der Waals surface area contributed by atoms with Gasteiger partial charge in [-0.2, -0.15) is 5.26 Å². The molecular weight excluding hydrogens is 218 g/mol. The standard InChI is InChI=1S/C12H11N3O2/c1-7(6-13)15-8(2)10(12(16)17)9-4-3-5-14-11(9)15/h3-5,7H,1-2H3,(H,16,17). The second-order valence-corrected chi connectivity index (χ2v) is 3.82. The van der Waals surface area contributed by atoms with Crippen molar-refractivity contribution in [2.24, 2.45) is 0 Å². The summed E-state index contributed by atoms with van der Waals surface area (Å²) >= 11 is 0. The summed E-state index contributed by atoms with van der Waals surface area (Å²) in [6, 6.07) is 5.05. The molecule has 86 valence electrons. The first-order valence-corrected chi connectivity index (χ1v) is 5.16. The van der Waals surface area contributed by atoms with Gasteiger partial charge in [-0.1, -0.05) is 0 Å². The summed E-state index contributed by atoms with van der Waals surface area (Å²) in [7, 11) is 0. The molecule has 0 aliphatic rings. The van der Waals surface area contributed by atoms with Crippen LogP contribution in [0.5, 0.6) is 0 Å². The number of carboxylic acid groups (broad SMARTS) is 1. The molecule has 0 aliphatic heterocycles. The lowest BCUT2D eigenvalue weighted by molar-refractivity contribution is 0.0698. The van der Waals surface area contributed by atoms with E-state index >= 15 is 0 Å². The summed E-state index contributed by atoms with van der Waals surface area (Å²) < 4.78 is 1.65. The molecule has 2 heterocycles. The first-order valence-electron chi connectivity index (χ1n) is 5.16. The predicted octanol–water partition coefficient (Wildman–Crippen LogP) is 2.13. The van der Waals surface area contributed by atoms with Gasteiger partial charge in [-0.05, 0) is 26.0 Å². The number of aromatic carboxylic acids is 1. The van der Waals surface area contributed by atoms with Gasteiger partial charge in [0.25, 0.3) is 0 Å². The number of carbonyl (C=O) groups is 1. The molecule has 5 nitrogen and oxygen atoms in total. The van der Waals surface area contributed by atoms with Crippen LogP contribution in [0.25, 0.3) is 11.0 Å². The Morgan fingerprint density at radius 2 is 2.35 bits per heavy atom. The Bertz CT molecular complexity index is 637. The number of carboxylic acids is 1. The van der Waals surface area contributed by atoms with E-state index < -0.39 is 12.0 Å². The van der Waals surface area contributed by atoms with Gasteiger partial charge >= 0.3 is 5.97 Å². The monoisotopic (exact) mass is 229 g/mol. The van der Waals surface area contributed by atoms with Gasteiger partial charge in [-0.15, -0.1) is 0 Å². The van der Waals surface area contributed by atoms with Crippen molar-refractivity contribution in [2.45, 2.75) is 19.9 Å². The van der Waals surface area contributed by atoms with Crippen molar-refractivity contribution in [1.82, 2.24) is 9.55 Å². The van der Waals surface area contributed by atoms with Gasteiger partial charge in [-0.3, -0.25) is 0 Å². The molecule has 0 bridgehead atoms. The Hall–Kier alpha value is -2.35. The third kappa shape index (κ3) is 1.54. The highest BCUT2D eigenvalue weighted by molar-refractivity contribution is 6.04. The summed E-state index contributed by atoms with van der Waals surface area (Å²) in [6.45, 7) is 3.41. The van der Waals surface area contributed by atoms with Crippen LogP contribution in [-0.4, -0.2) is 20.6 Å². The molecule has 1 unspecified atom stereocenters. The lowest BCUT2D eigenvalue weighted by Crippen LogP contribution is -2.07. The van der Waals surface area contributed by atoms with Gasteiger partial charge < -0.3 is 9.67 Å². The largest absolute Gasteiger partial charge is 0.478 e. The Morgan fingerprint density at radius 3 is 2.94 bits per heavy atom. The van der Waals surface area contributed by atoms with E-state index in [9.17, 15) is 9.90 Å². The third-order valence-electron chi connectivity index (χ3n) is 2.80. The van der Waals surface area contributed by atoms with Crippen LogP contribution in [0.15, 0.2) is 18.3 Å². The maximum atomic E-state index is 11.2. The lowest BCUT2D eigenvalue weighted by atomic mass is 10.2. The van der Waals surface area contributed by atoms with Crippen LogP contribution >= 0.6 is 0 Å². The molecule has 0 saturated heterocycles. The van der Waals surface area contributed by atoms with Crippen molar-refractivity contribution in [3.63, 3.8) is 0 Å². The third-order valence-corrected chi connectivity index (χ3v) is 2.80. The van der Waals surface area contributed by atoms with Gasteiger partial charge in [0, 0.05) is 17.3 Å². The number of nitriles is 1. The molecule has 0 spiro atoms. The van der Waals surface area contributed by atoms with Crippen LogP contribution in [0, 0.1) is 18.3 Å². The summed E-state index contributed by atoms with van der Waals surface area (Å²) in [5, 5.41) is 18.8. The molecule has 0 amide bonds. The Morgan fingerprint density at radius 1 is 1.65 bits per heavy atom. The highest BCUT2D eigenvalue weighted by Crippen LogP contribution is 2.27. The van der Waals surface area contributed by atoms with E-state index in [0.29, 0.717) is 16.7 Å². The maximum Gasteiger partial charge on any atom is 0.338 e. The van der Waals surface area contributed by atoms with Crippen molar-refractivity contribution >= 4 is 17.0 Å². The predicted molar refractivity (Wildman–Crippen MR) is 61.8 cm³/mol. The minimum Gasteiger partial charge on any atom is -0.478 e. The number of pyridine rings is 1. The SMILES string of the molecule is Cc1c(C(=O)O)c2cccnc2n1C(C)C#N. The Balaban J connectivity index is 2.90. The van der Waals surface area contributed by atoms with E-state index in [1.807, 2.05) is 0 Å². The maximum absolute atomic E-state index is 11.2. The van der Waals surface area contributed by atoms with Crippen molar-refractivity contribution < 1.29 is 9.90 Å². The number of aromatic nitrogens is 2. The summed E-state index contributed by atoms with van der Waals surface area (Å²) in [4.78, 5) is 15.4. The average Bonchev–Trinajstić information content (AvgIpc) is 2.60. The first-order chi connectivity index (χ1) is 8.07. The number of fused-ring (bicyclic) bond motifs is 1. The van der Waals surface area contributed by atoms with Crippen LogP contribution in [0.3, 0.4) is 0 Å². The Kier molecular flexibility index (Phi) is 2.56. The van der Waals surface area contributed by atoms with Crippen LogP contribution in [-0.2, 0) is 0 Å². The molecule has 0 aliphatic carbocycles. The number of hydrogen-bond acceptors (Lipinski definition) is 3. The quantitative estimate of drug-likeness (QED) is 0.855. The normalized spacial score (nSPS) is 12.3. The topological polar surface area (TPSA) is 78.9 Å². The zero-order valence-corrected chi connectivity index (χ0v) is 9.51. The number of nitrogens with zero attached hydrogens (tertiary/aromatic N) is 3. The average molecular weight is 229 g/mol. The van der Waals surface area contributed by atoms with Crippen LogP contribution < -0.4 is 0 Å². The summed E-state index contributed by atoms with van der Waals surface area (Å²) in [5.74, 6) is -0.996. The zero-order valence-electron chi connectivity index (χ0n) is 9.51. The van der Waals surface area contributed by atoms with Gasteiger partial charge in [-0.25, -0.2) is 9.78 Å². The van der Waals surface area contributed by atoms with Crippen molar-refractivity contribution in [2.75, 3.05) is 0 Å². The number of hydrogen-bond donors (Lipinski definition) is 1. The molecule has 1 atom stereocenters. The lowest BCUT2D eigenvalue weighted by Gasteiger charge is -2.08. The van der Waals surface area contributed by atoms with E-state index in [-0.39, 0.29) is 5.56 Å². The molecule has 2 rings (SSSR count). The van der Waals surface area contributed by atoms with Gasteiger partial charge in [0.05, 0.1) is 11.6 Å². The van der Waals surface area contributed by atoms with Crippen LogP contribution in [0.1, 0.15) is 29.0 Å². The molecule has 2 aromatic rings. The van der Waals surface area contributed by atoms with E-state index in [2.05, 4.69) is 11.1 Å². The molecule has 1 N–H and O–H groups in total. The molecule has 0 fully saturated rings. The molecular formula is C12H11N3O2. The fourth-order valence-corrected chi connectivity index (χ4v) is 2.06. The van der Waals surface area contributed by atoms with E-state index in [0.717, 1.165) is 0 Å². The summed E-state index contributed by atoms with van der Waals surface area (Å²) in [6.07, 6.45) is 1.59. The molecule has 17 heavy (non-hydrogen) atoms. The molecule has 0 radical (unpaired) electrons. The zero-order chi connectivity index (χ0) is 12.6. The second kappa shape index (κ2) is 3.91. The highest BCUT2D eigenvalue weighted by Gasteiger charge is 2.22. The summed E-state index contributed by atoms with van der Waals surface area (Å²) in [5.41, 5.74) is 1.31. The number of rotatable bonds is 2. The highest BCUT2D eigenvalue weighted by atomic mass is 16.4. The Labute approximate surface area is 97.9 Å². The van der Waals surface area contributed by atoms with E-state index in [4.69, 9.17) is 5.26 Å². The molecule has 5 heteroatoms.